The summed E-state index contributed by atoms with van der Waals surface area (Å²) in [6.45, 7) is 0. The molecule has 0 atom stereocenters. The molecular formula is C27H23N3O. The normalized spacial score (nSPS) is 12.0. The summed E-state index contributed by atoms with van der Waals surface area (Å²) in [6, 6.07) is 28.3. The Bertz CT molecular complexity index is 1220. The van der Waals surface area contributed by atoms with Gasteiger partial charge in [-0.15, -0.1) is 0 Å². The van der Waals surface area contributed by atoms with Crippen LogP contribution in [0.4, 0.5) is 5.82 Å². The third-order valence-corrected chi connectivity index (χ3v) is 5.62. The molecule has 31 heavy (non-hydrogen) atoms. The number of amides is 1. The highest BCUT2D eigenvalue weighted by atomic mass is 16.1. The molecule has 0 bridgehead atoms. The van der Waals surface area contributed by atoms with Crippen LogP contribution in [0.5, 0.6) is 0 Å². The van der Waals surface area contributed by atoms with Gasteiger partial charge >= 0.3 is 0 Å². The van der Waals surface area contributed by atoms with E-state index in [1.807, 2.05) is 54.6 Å². The number of nitrogens with zero attached hydrogens (tertiary/aromatic N) is 2. The minimum atomic E-state index is -0.0778. The summed E-state index contributed by atoms with van der Waals surface area (Å²) in [5.41, 5.74) is 7.25. The maximum Gasteiger partial charge on any atom is 0.229 e. The van der Waals surface area contributed by atoms with E-state index in [1.165, 1.54) is 5.56 Å². The molecule has 1 heterocycles. The summed E-state index contributed by atoms with van der Waals surface area (Å²) in [5, 5.41) is 3.04. The van der Waals surface area contributed by atoms with E-state index in [0.717, 1.165) is 46.6 Å². The van der Waals surface area contributed by atoms with E-state index in [9.17, 15) is 4.79 Å². The maximum absolute atomic E-state index is 12.8. The van der Waals surface area contributed by atoms with Gasteiger partial charge < -0.3 is 5.32 Å². The monoisotopic (exact) mass is 405 g/mol. The van der Waals surface area contributed by atoms with Gasteiger partial charge in [0.25, 0.3) is 0 Å². The second kappa shape index (κ2) is 8.52. The molecular weight excluding hydrogens is 382 g/mol. The summed E-state index contributed by atoms with van der Waals surface area (Å²) in [5.74, 6) is 0.494. The molecule has 3 aromatic carbocycles. The van der Waals surface area contributed by atoms with Crippen LogP contribution in [-0.2, 0) is 30.5 Å². The van der Waals surface area contributed by atoms with Crippen molar-refractivity contribution < 1.29 is 4.79 Å². The molecule has 1 aliphatic carbocycles. The van der Waals surface area contributed by atoms with Crippen molar-refractivity contribution in [2.75, 3.05) is 5.32 Å². The van der Waals surface area contributed by atoms with Crippen molar-refractivity contribution in [2.24, 2.45) is 0 Å². The van der Waals surface area contributed by atoms with Crippen LogP contribution < -0.4 is 5.32 Å². The zero-order chi connectivity index (χ0) is 21.0. The van der Waals surface area contributed by atoms with Crippen LogP contribution >= 0.6 is 0 Å². The highest BCUT2D eigenvalue weighted by Crippen LogP contribution is 2.33. The third kappa shape index (κ3) is 4.24. The number of hydrogen-bond acceptors (Lipinski definition) is 3. The van der Waals surface area contributed by atoms with Crippen LogP contribution in [0.2, 0.25) is 0 Å². The first kappa shape index (κ1) is 19.2. The molecule has 4 nitrogen and oxygen atoms in total. The van der Waals surface area contributed by atoms with E-state index in [2.05, 4.69) is 35.6 Å². The smallest absolute Gasteiger partial charge is 0.229 e. The Labute approximate surface area is 182 Å². The molecule has 0 radical (unpaired) electrons. The largest absolute Gasteiger partial charge is 0.309 e. The van der Waals surface area contributed by atoms with Crippen molar-refractivity contribution >= 4 is 11.7 Å². The molecule has 1 amide bonds. The van der Waals surface area contributed by atoms with Gasteiger partial charge in [-0.05, 0) is 29.5 Å². The molecule has 0 fully saturated rings. The van der Waals surface area contributed by atoms with E-state index in [1.54, 1.807) is 0 Å². The predicted molar refractivity (Wildman–Crippen MR) is 123 cm³/mol. The fraction of sp³-hybridized carbons (Fsp3) is 0.148. The second-order valence-electron chi connectivity index (χ2n) is 7.84. The first-order chi connectivity index (χ1) is 15.3. The van der Waals surface area contributed by atoms with E-state index in [0.29, 0.717) is 18.7 Å². The predicted octanol–water partition coefficient (Wildman–Crippen LogP) is 5.01. The number of nitrogens with one attached hydrogen (secondary N) is 1. The van der Waals surface area contributed by atoms with Crippen LogP contribution in [0, 0.1) is 0 Å². The molecule has 1 aromatic heterocycles. The molecule has 0 unspecified atom stereocenters. The summed E-state index contributed by atoms with van der Waals surface area (Å²) < 4.78 is 0. The Morgan fingerprint density at radius 1 is 0.774 bits per heavy atom. The number of carbonyl (C=O) groups is 1. The molecule has 0 saturated heterocycles. The lowest BCUT2D eigenvalue weighted by molar-refractivity contribution is -0.115. The molecule has 0 aliphatic heterocycles. The van der Waals surface area contributed by atoms with Crippen LogP contribution in [-0.4, -0.2) is 15.9 Å². The molecule has 1 N–H and O–H groups in total. The average Bonchev–Trinajstić information content (AvgIpc) is 2.81. The van der Waals surface area contributed by atoms with Crippen LogP contribution in [0.15, 0.2) is 84.9 Å². The average molecular weight is 406 g/mol. The molecule has 0 saturated carbocycles. The maximum atomic E-state index is 12.8. The first-order valence-corrected chi connectivity index (χ1v) is 10.6. The molecule has 1 aliphatic rings. The van der Waals surface area contributed by atoms with Crippen molar-refractivity contribution in [3.05, 3.63) is 113 Å². The Balaban J connectivity index is 1.51. The topological polar surface area (TPSA) is 54.9 Å². The molecule has 4 heteroatoms. The number of rotatable bonds is 5. The first-order valence-electron chi connectivity index (χ1n) is 10.6. The third-order valence-electron chi connectivity index (χ3n) is 5.62. The standard InChI is InChI=1S/C27H23N3O/c31-25(18-20-11-5-2-6-12-20)30-27-24(17-19-9-3-1-4-10-19)28-26-22-14-8-7-13-21(22)15-16-23(26)29-27/h1-14H,15-18H2,(H,29,30,31). The van der Waals surface area contributed by atoms with E-state index in [-0.39, 0.29) is 5.91 Å². The van der Waals surface area contributed by atoms with Crippen LogP contribution in [0.3, 0.4) is 0 Å². The molecule has 4 aromatic rings. The van der Waals surface area contributed by atoms with Crippen molar-refractivity contribution in [1.29, 1.82) is 0 Å². The van der Waals surface area contributed by atoms with Gasteiger partial charge in [0.1, 0.15) is 0 Å². The van der Waals surface area contributed by atoms with Crippen LogP contribution in [0.1, 0.15) is 28.1 Å². The highest BCUT2D eigenvalue weighted by Gasteiger charge is 2.22. The Morgan fingerprint density at radius 2 is 1.45 bits per heavy atom. The quantitative estimate of drug-likeness (QED) is 0.508. The lowest BCUT2D eigenvalue weighted by Crippen LogP contribution is -2.20. The Morgan fingerprint density at radius 3 is 2.23 bits per heavy atom. The fourth-order valence-corrected chi connectivity index (χ4v) is 4.09. The van der Waals surface area contributed by atoms with E-state index in [4.69, 9.17) is 9.97 Å². The van der Waals surface area contributed by atoms with Gasteiger partial charge in [-0.2, -0.15) is 0 Å². The van der Waals surface area contributed by atoms with E-state index < -0.39 is 0 Å². The Hall–Kier alpha value is -3.79. The van der Waals surface area contributed by atoms with Crippen molar-refractivity contribution in [3.8, 4) is 11.3 Å². The van der Waals surface area contributed by atoms with Gasteiger partial charge in [-0.25, -0.2) is 9.97 Å². The summed E-state index contributed by atoms with van der Waals surface area (Å²) in [7, 11) is 0. The van der Waals surface area contributed by atoms with Gasteiger partial charge in [-0.3, -0.25) is 4.79 Å². The highest BCUT2D eigenvalue weighted by molar-refractivity contribution is 5.92. The zero-order valence-electron chi connectivity index (χ0n) is 17.2. The van der Waals surface area contributed by atoms with Gasteiger partial charge in [0.15, 0.2) is 5.82 Å². The number of benzene rings is 3. The van der Waals surface area contributed by atoms with Gasteiger partial charge in [0.2, 0.25) is 5.91 Å². The second-order valence-corrected chi connectivity index (χ2v) is 7.84. The van der Waals surface area contributed by atoms with Crippen molar-refractivity contribution in [3.63, 3.8) is 0 Å². The summed E-state index contributed by atoms with van der Waals surface area (Å²) in [4.78, 5) is 22.7. The minimum Gasteiger partial charge on any atom is -0.309 e. The van der Waals surface area contributed by atoms with Crippen LogP contribution in [0.25, 0.3) is 11.3 Å². The van der Waals surface area contributed by atoms with Gasteiger partial charge in [-0.1, -0.05) is 84.9 Å². The molecule has 0 spiro atoms. The van der Waals surface area contributed by atoms with Crippen molar-refractivity contribution in [1.82, 2.24) is 9.97 Å². The molecule has 152 valence electrons. The lowest BCUT2D eigenvalue weighted by atomic mass is 9.91. The number of fused-ring (bicyclic) bond motifs is 3. The summed E-state index contributed by atoms with van der Waals surface area (Å²) >= 11 is 0. The lowest BCUT2D eigenvalue weighted by Gasteiger charge is -2.21. The fourth-order valence-electron chi connectivity index (χ4n) is 4.09. The number of carbonyl (C=O) groups excluding carboxylic acids is 1. The number of hydrogen-bond donors (Lipinski definition) is 1. The summed E-state index contributed by atoms with van der Waals surface area (Å²) in [6.07, 6.45) is 2.69. The molecule has 5 rings (SSSR count). The van der Waals surface area contributed by atoms with E-state index >= 15 is 0 Å². The zero-order valence-corrected chi connectivity index (χ0v) is 17.2. The Kier molecular flexibility index (Phi) is 5.28. The minimum absolute atomic E-state index is 0.0778. The van der Waals surface area contributed by atoms with Crippen molar-refractivity contribution in [2.45, 2.75) is 25.7 Å². The number of anilines is 1. The number of aryl methyl sites for hydroxylation is 2. The number of aromatic nitrogens is 2. The SMILES string of the molecule is O=C(Cc1ccccc1)Nc1nc2c(nc1Cc1ccccc1)-c1ccccc1CC2. The van der Waals surface area contributed by atoms with Gasteiger partial charge in [0, 0.05) is 12.0 Å². The van der Waals surface area contributed by atoms with Gasteiger partial charge in [0.05, 0.1) is 23.5 Å².